The van der Waals surface area contributed by atoms with Crippen molar-refractivity contribution in [3.05, 3.63) is 59.7 Å². The van der Waals surface area contributed by atoms with Crippen LogP contribution in [0.5, 0.6) is 0 Å². The number of pyridine rings is 2. The van der Waals surface area contributed by atoms with Crippen molar-refractivity contribution >= 4 is 0 Å². The Balaban J connectivity index is 2.11. The third-order valence-electron chi connectivity index (χ3n) is 4.32. The maximum atomic E-state index is 4.70. The van der Waals surface area contributed by atoms with Gasteiger partial charge in [0.15, 0.2) is 0 Å². The van der Waals surface area contributed by atoms with Gasteiger partial charge in [-0.3, -0.25) is 9.97 Å². The molecule has 112 valence electrons. The van der Waals surface area contributed by atoms with Gasteiger partial charge in [-0.25, -0.2) is 0 Å². The minimum Gasteiger partial charge on any atom is -0.261 e. The van der Waals surface area contributed by atoms with Crippen molar-refractivity contribution in [2.24, 2.45) is 0 Å². The third-order valence-corrected chi connectivity index (χ3v) is 4.32. The van der Waals surface area contributed by atoms with E-state index in [9.17, 15) is 0 Å². The molecule has 0 saturated heterocycles. The molecule has 0 aliphatic heterocycles. The van der Waals surface area contributed by atoms with Crippen LogP contribution in [0.3, 0.4) is 0 Å². The molecular formula is C19H26N2. The molecule has 0 aromatic carbocycles. The van der Waals surface area contributed by atoms with Crippen LogP contribution in [0.2, 0.25) is 0 Å². The molecule has 0 bridgehead atoms. The van der Waals surface area contributed by atoms with Crippen LogP contribution >= 0.6 is 0 Å². The van der Waals surface area contributed by atoms with E-state index in [2.05, 4.69) is 69.9 Å². The van der Waals surface area contributed by atoms with Crippen LogP contribution in [0.4, 0.5) is 0 Å². The highest BCUT2D eigenvalue weighted by Gasteiger charge is 2.28. The van der Waals surface area contributed by atoms with E-state index in [-0.39, 0.29) is 10.8 Å². The molecule has 0 unspecified atom stereocenters. The first-order valence-electron chi connectivity index (χ1n) is 7.67. The maximum Gasteiger partial charge on any atom is 0.0463 e. The van der Waals surface area contributed by atoms with Gasteiger partial charge in [-0.05, 0) is 44.0 Å². The smallest absolute Gasteiger partial charge is 0.0463 e. The Morgan fingerprint density at radius 2 is 1.43 bits per heavy atom. The molecule has 0 saturated carbocycles. The van der Waals surface area contributed by atoms with E-state index in [1.165, 1.54) is 5.69 Å². The first kappa shape index (κ1) is 15.7. The molecule has 0 aliphatic carbocycles. The summed E-state index contributed by atoms with van der Waals surface area (Å²) >= 11 is 0. The second-order valence-corrected chi connectivity index (χ2v) is 7.15. The Kier molecular flexibility index (Phi) is 4.46. The Hall–Kier alpha value is -1.70. The molecule has 21 heavy (non-hydrogen) atoms. The molecule has 0 radical (unpaired) electrons. The fourth-order valence-corrected chi connectivity index (χ4v) is 2.56. The van der Waals surface area contributed by atoms with Crippen LogP contribution in [-0.4, -0.2) is 9.97 Å². The number of aromatic nitrogens is 2. The summed E-state index contributed by atoms with van der Waals surface area (Å²) in [5.41, 5.74) is 3.60. The average Bonchev–Trinajstić information content (AvgIpc) is 2.46. The van der Waals surface area contributed by atoms with Crippen LogP contribution in [-0.2, 0) is 10.8 Å². The molecule has 2 nitrogen and oxygen atoms in total. The van der Waals surface area contributed by atoms with Crippen LogP contribution in [0.15, 0.2) is 42.6 Å². The predicted molar refractivity (Wildman–Crippen MR) is 88.5 cm³/mol. The van der Waals surface area contributed by atoms with Crippen molar-refractivity contribution in [2.75, 3.05) is 0 Å². The maximum absolute atomic E-state index is 4.70. The summed E-state index contributed by atoms with van der Waals surface area (Å²) in [4.78, 5) is 9.22. The fraction of sp³-hybridized carbons (Fsp3) is 0.474. The summed E-state index contributed by atoms with van der Waals surface area (Å²) < 4.78 is 0. The number of aryl methyl sites for hydroxylation is 1. The lowest BCUT2D eigenvalue weighted by Crippen LogP contribution is -2.26. The van der Waals surface area contributed by atoms with Gasteiger partial charge >= 0.3 is 0 Å². The number of nitrogens with zero attached hydrogens (tertiary/aromatic N) is 2. The van der Waals surface area contributed by atoms with Crippen molar-refractivity contribution in [2.45, 2.75) is 58.3 Å². The van der Waals surface area contributed by atoms with Gasteiger partial charge in [0.2, 0.25) is 0 Å². The standard InChI is InChI=1S/C19H26N2/c1-15-9-8-11-17(21-15)19(4,5)13-12-18(2,3)16-10-6-7-14-20-16/h6-11,14H,12-13H2,1-5H3. The highest BCUT2D eigenvalue weighted by Crippen LogP contribution is 2.34. The van der Waals surface area contributed by atoms with Gasteiger partial charge in [0, 0.05) is 34.1 Å². The molecule has 2 aromatic heterocycles. The quantitative estimate of drug-likeness (QED) is 0.785. The molecular weight excluding hydrogens is 256 g/mol. The summed E-state index contributed by atoms with van der Waals surface area (Å²) in [6.45, 7) is 11.2. The molecule has 2 aromatic rings. The van der Waals surface area contributed by atoms with Crippen LogP contribution < -0.4 is 0 Å². The molecule has 0 spiro atoms. The van der Waals surface area contributed by atoms with E-state index >= 15 is 0 Å². The average molecular weight is 282 g/mol. The topological polar surface area (TPSA) is 25.8 Å². The van der Waals surface area contributed by atoms with Gasteiger partial charge in [0.05, 0.1) is 0 Å². The summed E-state index contributed by atoms with van der Waals surface area (Å²) in [6.07, 6.45) is 4.06. The third kappa shape index (κ3) is 3.90. The predicted octanol–water partition coefficient (Wildman–Crippen LogP) is 4.82. The van der Waals surface area contributed by atoms with Crippen molar-refractivity contribution in [3.8, 4) is 0 Å². The lowest BCUT2D eigenvalue weighted by molar-refractivity contribution is 0.363. The SMILES string of the molecule is Cc1cccc(C(C)(C)CCC(C)(C)c2ccccn2)n1. The fourth-order valence-electron chi connectivity index (χ4n) is 2.56. The molecule has 0 fully saturated rings. The Morgan fingerprint density at radius 3 is 2.00 bits per heavy atom. The molecule has 0 amide bonds. The second kappa shape index (κ2) is 5.97. The van der Waals surface area contributed by atoms with Gasteiger partial charge in [0.1, 0.15) is 0 Å². The van der Waals surface area contributed by atoms with E-state index in [4.69, 9.17) is 4.98 Å². The zero-order valence-corrected chi connectivity index (χ0v) is 13.9. The van der Waals surface area contributed by atoms with E-state index in [0.717, 1.165) is 24.2 Å². The van der Waals surface area contributed by atoms with Gasteiger partial charge in [-0.15, -0.1) is 0 Å². The van der Waals surface area contributed by atoms with Crippen molar-refractivity contribution in [3.63, 3.8) is 0 Å². The molecule has 0 aliphatic rings. The Morgan fingerprint density at radius 1 is 0.810 bits per heavy atom. The molecule has 2 heterocycles. The minimum atomic E-state index is 0.0814. The molecule has 0 N–H and O–H groups in total. The lowest BCUT2D eigenvalue weighted by Gasteiger charge is -2.30. The zero-order valence-electron chi connectivity index (χ0n) is 13.9. The Labute approximate surface area is 128 Å². The van der Waals surface area contributed by atoms with Crippen molar-refractivity contribution in [1.82, 2.24) is 9.97 Å². The van der Waals surface area contributed by atoms with E-state index < -0.39 is 0 Å². The second-order valence-electron chi connectivity index (χ2n) is 7.15. The minimum absolute atomic E-state index is 0.0814. The van der Waals surface area contributed by atoms with Gasteiger partial charge in [-0.2, -0.15) is 0 Å². The molecule has 0 atom stereocenters. The van der Waals surface area contributed by atoms with Crippen LogP contribution in [0.1, 0.15) is 57.6 Å². The monoisotopic (exact) mass is 282 g/mol. The first-order valence-corrected chi connectivity index (χ1v) is 7.67. The van der Waals surface area contributed by atoms with Gasteiger partial charge in [0.25, 0.3) is 0 Å². The number of hydrogen-bond donors (Lipinski definition) is 0. The number of rotatable bonds is 5. The summed E-state index contributed by atoms with van der Waals surface area (Å²) in [6, 6.07) is 12.5. The van der Waals surface area contributed by atoms with Crippen LogP contribution in [0, 0.1) is 6.92 Å². The van der Waals surface area contributed by atoms with E-state index in [1.807, 2.05) is 12.3 Å². The lowest BCUT2D eigenvalue weighted by atomic mass is 9.75. The van der Waals surface area contributed by atoms with Gasteiger partial charge in [-0.1, -0.05) is 39.8 Å². The van der Waals surface area contributed by atoms with E-state index in [0.29, 0.717) is 0 Å². The first-order chi connectivity index (χ1) is 9.81. The van der Waals surface area contributed by atoms with Crippen LogP contribution in [0.25, 0.3) is 0 Å². The Bertz CT molecular complexity index is 586. The van der Waals surface area contributed by atoms with Crippen molar-refractivity contribution < 1.29 is 0 Å². The summed E-state index contributed by atoms with van der Waals surface area (Å²) in [7, 11) is 0. The normalized spacial score (nSPS) is 12.4. The van der Waals surface area contributed by atoms with E-state index in [1.54, 1.807) is 0 Å². The van der Waals surface area contributed by atoms with Gasteiger partial charge < -0.3 is 0 Å². The highest BCUT2D eigenvalue weighted by molar-refractivity contribution is 5.19. The van der Waals surface area contributed by atoms with Crippen molar-refractivity contribution in [1.29, 1.82) is 0 Å². The highest BCUT2D eigenvalue weighted by atomic mass is 14.7. The number of hydrogen-bond acceptors (Lipinski definition) is 2. The zero-order chi connectivity index (χ0) is 15.5. The summed E-state index contributed by atoms with van der Waals surface area (Å²) in [5, 5.41) is 0. The largest absolute Gasteiger partial charge is 0.261 e. The summed E-state index contributed by atoms with van der Waals surface area (Å²) in [5.74, 6) is 0. The molecule has 2 rings (SSSR count). The molecule has 2 heteroatoms.